The summed E-state index contributed by atoms with van der Waals surface area (Å²) in [6.45, 7) is 4.25. The summed E-state index contributed by atoms with van der Waals surface area (Å²) in [5, 5.41) is 2.03. The van der Waals surface area contributed by atoms with E-state index in [2.05, 4.69) is 10.6 Å². The lowest BCUT2D eigenvalue weighted by Gasteiger charge is -2.08. The van der Waals surface area contributed by atoms with Gasteiger partial charge in [0.1, 0.15) is 0 Å². The van der Waals surface area contributed by atoms with Gasteiger partial charge in [0, 0.05) is 33.8 Å². The zero-order valence-electron chi connectivity index (χ0n) is 16.5. The SMILES string of the molecule is Cc1cc(C(=O)COC(=O)CCC(=O)c2ccccc2)c(C)n1Cc1cccs1. The van der Waals surface area contributed by atoms with E-state index in [4.69, 9.17) is 4.74 Å². The molecule has 6 heteroatoms. The molecule has 0 amide bonds. The number of thiophene rings is 1. The Hall–Kier alpha value is -2.99. The first-order chi connectivity index (χ1) is 14.0. The predicted molar refractivity (Wildman–Crippen MR) is 113 cm³/mol. The van der Waals surface area contributed by atoms with E-state index >= 15 is 0 Å². The van der Waals surface area contributed by atoms with E-state index in [1.54, 1.807) is 35.6 Å². The summed E-state index contributed by atoms with van der Waals surface area (Å²) in [4.78, 5) is 37.8. The molecule has 2 heterocycles. The summed E-state index contributed by atoms with van der Waals surface area (Å²) in [5.74, 6) is -0.903. The Morgan fingerprint density at radius 3 is 2.41 bits per heavy atom. The monoisotopic (exact) mass is 409 g/mol. The van der Waals surface area contributed by atoms with Crippen molar-refractivity contribution in [2.45, 2.75) is 33.2 Å². The molecule has 0 aliphatic carbocycles. The van der Waals surface area contributed by atoms with Crippen molar-refractivity contribution in [3.05, 3.63) is 81.3 Å². The average molecular weight is 410 g/mol. The molecule has 29 heavy (non-hydrogen) atoms. The van der Waals surface area contributed by atoms with Gasteiger partial charge in [-0.3, -0.25) is 14.4 Å². The molecule has 5 nitrogen and oxygen atoms in total. The average Bonchev–Trinajstić information content (AvgIpc) is 3.34. The van der Waals surface area contributed by atoms with Gasteiger partial charge in [0.25, 0.3) is 0 Å². The van der Waals surface area contributed by atoms with Gasteiger partial charge in [0.15, 0.2) is 12.4 Å². The normalized spacial score (nSPS) is 10.7. The number of carbonyl (C=O) groups is 3. The number of aromatic nitrogens is 1. The highest BCUT2D eigenvalue weighted by Gasteiger charge is 2.18. The van der Waals surface area contributed by atoms with Crippen molar-refractivity contribution < 1.29 is 19.1 Å². The summed E-state index contributed by atoms with van der Waals surface area (Å²) in [5.41, 5.74) is 2.97. The minimum Gasteiger partial charge on any atom is -0.457 e. The predicted octanol–water partition coefficient (Wildman–Crippen LogP) is 4.60. The second-order valence-electron chi connectivity index (χ2n) is 6.82. The number of esters is 1. The van der Waals surface area contributed by atoms with E-state index in [1.165, 1.54) is 4.88 Å². The maximum absolute atomic E-state index is 12.5. The largest absolute Gasteiger partial charge is 0.457 e. The fraction of sp³-hybridized carbons (Fsp3) is 0.261. The molecule has 3 aromatic rings. The number of hydrogen-bond acceptors (Lipinski definition) is 5. The molecular weight excluding hydrogens is 386 g/mol. The molecule has 0 aliphatic heterocycles. The van der Waals surface area contributed by atoms with Gasteiger partial charge >= 0.3 is 5.97 Å². The topological polar surface area (TPSA) is 65.4 Å². The molecule has 1 aromatic carbocycles. The van der Waals surface area contributed by atoms with Crippen LogP contribution in [0.5, 0.6) is 0 Å². The van der Waals surface area contributed by atoms with Crippen molar-refractivity contribution in [2.24, 2.45) is 0 Å². The number of aryl methyl sites for hydroxylation is 1. The lowest BCUT2D eigenvalue weighted by atomic mass is 10.1. The molecular formula is C23H23NO4S. The first-order valence-corrected chi connectivity index (χ1v) is 10.3. The minimum absolute atomic E-state index is 0.0432. The van der Waals surface area contributed by atoms with Crippen LogP contribution in [0.15, 0.2) is 53.9 Å². The second-order valence-corrected chi connectivity index (χ2v) is 7.86. The maximum atomic E-state index is 12.5. The van der Waals surface area contributed by atoms with Crippen molar-refractivity contribution >= 4 is 28.9 Å². The lowest BCUT2D eigenvalue weighted by Crippen LogP contribution is -2.16. The van der Waals surface area contributed by atoms with Gasteiger partial charge in [-0.1, -0.05) is 36.4 Å². The second kappa shape index (κ2) is 9.47. The summed E-state index contributed by atoms with van der Waals surface area (Å²) in [6.07, 6.45) is 0.0186. The van der Waals surface area contributed by atoms with Crippen LogP contribution >= 0.6 is 11.3 Å². The minimum atomic E-state index is -0.546. The molecule has 0 bridgehead atoms. The van der Waals surface area contributed by atoms with Crippen LogP contribution in [0.3, 0.4) is 0 Å². The number of ether oxygens (including phenoxy) is 1. The van der Waals surface area contributed by atoms with Crippen molar-refractivity contribution in [3.8, 4) is 0 Å². The van der Waals surface area contributed by atoms with Gasteiger partial charge < -0.3 is 9.30 Å². The molecule has 0 radical (unpaired) electrons. The van der Waals surface area contributed by atoms with Crippen LogP contribution in [0.2, 0.25) is 0 Å². The summed E-state index contributed by atoms with van der Waals surface area (Å²) in [6, 6.07) is 14.7. The highest BCUT2D eigenvalue weighted by atomic mass is 32.1. The van der Waals surface area contributed by atoms with Gasteiger partial charge in [-0.25, -0.2) is 0 Å². The highest BCUT2D eigenvalue weighted by molar-refractivity contribution is 7.09. The van der Waals surface area contributed by atoms with Crippen molar-refractivity contribution in [3.63, 3.8) is 0 Å². The Labute approximate surface area is 173 Å². The van der Waals surface area contributed by atoms with Gasteiger partial charge in [-0.2, -0.15) is 0 Å². The van der Waals surface area contributed by atoms with E-state index in [0.717, 1.165) is 11.4 Å². The Kier molecular flexibility index (Phi) is 6.77. The first-order valence-electron chi connectivity index (χ1n) is 9.42. The Balaban J connectivity index is 1.52. The van der Waals surface area contributed by atoms with E-state index in [-0.39, 0.29) is 31.0 Å². The van der Waals surface area contributed by atoms with Crippen LogP contribution in [-0.4, -0.2) is 28.7 Å². The maximum Gasteiger partial charge on any atom is 0.306 e. The summed E-state index contributed by atoms with van der Waals surface area (Å²) >= 11 is 1.67. The van der Waals surface area contributed by atoms with Crippen LogP contribution in [0, 0.1) is 13.8 Å². The highest BCUT2D eigenvalue weighted by Crippen LogP contribution is 2.20. The van der Waals surface area contributed by atoms with Crippen molar-refractivity contribution in [1.82, 2.24) is 4.57 Å². The Morgan fingerprint density at radius 1 is 0.966 bits per heavy atom. The van der Waals surface area contributed by atoms with Gasteiger partial charge in [-0.05, 0) is 31.4 Å². The number of hydrogen-bond donors (Lipinski definition) is 0. The van der Waals surface area contributed by atoms with Crippen LogP contribution in [0.4, 0.5) is 0 Å². The molecule has 0 N–H and O–H groups in total. The van der Waals surface area contributed by atoms with Crippen LogP contribution < -0.4 is 0 Å². The number of carbonyl (C=O) groups excluding carboxylic acids is 3. The molecule has 0 saturated heterocycles. The lowest BCUT2D eigenvalue weighted by molar-refractivity contribution is -0.142. The molecule has 0 fully saturated rings. The molecule has 2 aromatic heterocycles. The first kappa shape index (κ1) is 20.7. The Bertz CT molecular complexity index is 1000. The standard InChI is InChI=1S/C23H23NO4S/c1-16-13-20(17(2)24(16)14-19-9-6-12-29-19)22(26)15-28-23(27)11-10-21(25)18-7-4-3-5-8-18/h3-9,12-13H,10-11,14-15H2,1-2H3. The number of nitrogens with zero attached hydrogens (tertiary/aromatic N) is 1. The third-order valence-electron chi connectivity index (χ3n) is 4.78. The number of rotatable bonds is 9. The molecule has 3 rings (SSSR count). The van der Waals surface area contributed by atoms with E-state index in [1.807, 2.05) is 37.4 Å². The molecule has 150 valence electrons. The zero-order chi connectivity index (χ0) is 20.8. The van der Waals surface area contributed by atoms with Crippen molar-refractivity contribution in [2.75, 3.05) is 6.61 Å². The summed E-state index contributed by atoms with van der Waals surface area (Å²) in [7, 11) is 0. The van der Waals surface area contributed by atoms with E-state index in [0.29, 0.717) is 17.7 Å². The quantitative estimate of drug-likeness (QED) is 0.383. The molecule has 0 atom stereocenters. The molecule has 0 unspecified atom stereocenters. The van der Waals surface area contributed by atoms with Gasteiger partial charge in [0.2, 0.25) is 5.78 Å². The fourth-order valence-electron chi connectivity index (χ4n) is 3.17. The van der Waals surface area contributed by atoms with Gasteiger partial charge in [-0.15, -0.1) is 11.3 Å². The number of ketones is 2. The Morgan fingerprint density at radius 2 is 1.72 bits per heavy atom. The smallest absolute Gasteiger partial charge is 0.306 e. The third kappa shape index (κ3) is 5.29. The summed E-state index contributed by atoms with van der Waals surface area (Å²) < 4.78 is 7.19. The molecule has 0 aliphatic rings. The van der Waals surface area contributed by atoms with Crippen LogP contribution in [-0.2, 0) is 16.1 Å². The zero-order valence-corrected chi connectivity index (χ0v) is 17.3. The van der Waals surface area contributed by atoms with Crippen molar-refractivity contribution in [1.29, 1.82) is 0 Å². The van der Waals surface area contributed by atoms with E-state index in [9.17, 15) is 14.4 Å². The number of Topliss-reactive ketones (excluding diaryl/α,β-unsaturated/α-hetero) is 2. The molecule has 0 spiro atoms. The van der Waals surface area contributed by atoms with E-state index < -0.39 is 5.97 Å². The number of benzene rings is 1. The fourth-order valence-corrected chi connectivity index (χ4v) is 3.86. The van der Waals surface area contributed by atoms with Crippen LogP contribution in [0.1, 0.15) is 49.8 Å². The third-order valence-corrected chi connectivity index (χ3v) is 5.65. The van der Waals surface area contributed by atoms with Gasteiger partial charge in [0.05, 0.1) is 13.0 Å². The molecule has 0 saturated carbocycles. The van der Waals surface area contributed by atoms with Crippen LogP contribution in [0.25, 0.3) is 0 Å².